The molecule has 0 spiro atoms. The Balaban J connectivity index is 1.58. The zero-order valence-electron chi connectivity index (χ0n) is 15.5. The monoisotopic (exact) mass is 349 g/mol. The maximum atomic E-state index is 12.6. The summed E-state index contributed by atoms with van der Waals surface area (Å²) in [6.07, 6.45) is 2.52. The van der Waals surface area contributed by atoms with Gasteiger partial charge in [-0.25, -0.2) is 0 Å². The molecular formula is C19H31N3OS. The third kappa shape index (κ3) is 4.01. The van der Waals surface area contributed by atoms with Gasteiger partial charge in [0.05, 0.1) is 4.88 Å². The van der Waals surface area contributed by atoms with Gasteiger partial charge in [-0.3, -0.25) is 9.69 Å². The highest BCUT2D eigenvalue weighted by Gasteiger charge is 2.39. The minimum absolute atomic E-state index is 0.220. The number of thiophene rings is 1. The van der Waals surface area contributed by atoms with Crippen molar-refractivity contribution in [3.8, 4) is 0 Å². The third-order valence-electron chi connectivity index (χ3n) is 5.30. The average molecular weight is 350 g/mol. The first-order valence-corrected chi connectivity index (χ1v) is 10.1. The molecule has 0 aromatic carbocycles. The number of rotatable bonds is 5. The number of nitrogens with zero attached hydrogens (tertiary/aromatic N) is 3. The van der Waals surface area contributed by atoms with Crippen molar-refractivity contribution in [2.75, 3.05) is 39.8 Å². The fourth-order valence-electron chi connectivity index (χ4n) is 3.88. The van der Waals surface area contributed by atoms with Gasteiger partial charge in [0.15, 0.2) is 0 Å². The molecule has 3 heterocycles. The first-order valence-electron chi connectivity index (χ1n) is 9.24. The Hall–Kier alpha value is -0.910. The summed E-state index contributed by atoms with van der Waals surface area (Å²) in [6.45, 7) is 12.0. The van der Waals surface area contributed by atoms with E-state index in [0.29, 0.717) is 18.0 Å². The Bertz CT molecular complexity index is 557. The molecule has 0 saturated carbocycles. The van der Waals surface area contributed by atoms with Gasteiger partial charge < -0.3 is 9.80 Å². The van der Waals surface area contributed by atoms with Crippen LogP contribution >= 0.6 is 11.3 Å². The number of hydrogen-bond acceptors (Lipinski definition) is 4. The van der Waals surface area contributed by atoms with Crippen LogP contribution in [-0.4, -0.2) is 72.5 Å². The van der Waals surface area contributed by atoms with Crippen molar-refractivity contribution in [1.29, 1.82) is 0 Å². The summed E-state index contributed by atoms with van der Waals surface area (Å²) in [5.41, 5.74) is 0. The van der Waals surface area contributed by atoms with Crippen LogP contribution in [-0.2, 0) is 0 Å². The minimum Gasteiger partial charge on any atom is -0.335 e. The lowest BCUT2D eigenvalue weighted by Gasteiger charge is -2.50. The van der Waals surface area contributed by atoms with E-state index in [0.717, 1.165) is 24.5 Å². The summed E-state index contributed by atoms with van der Waals surface area (Å²) in [4.78, 5) is 21.8. The molecule has 0 unspecified atom stereocenters. The molecule has 3 rings (SSSR count). The molecule has 0 bridgehead atoms. The van der Waals surface area contributed by atoms with E-state index < -0.39 is 0 Å². The van der Waals surface area contributed by atoms with Gasteiger partial charge in [-0.2, -0.15) is 0 Å². The third-order valence-corrected chi connectivity index (χ3v) is 6.29. The van der Waals surface area contributed by atoms with Crippen LogP contribution in [0.4, 0.5) is 0 Å². The van der Waals surface area contributed by atoms with Crippen molar-refractivity contribution in [3.63, 3.8) is 0 Å². The quantitative estimate of drug-likeness (QED) is 0.818. The molecule has 2 aliphatic heterocycles. The molecule has 134 valence electrons. The topological polar surface area (TPSA) is 26.8 Å². The lowest BCUT2D eigenvalue weighted by molar-refractivity contribution is -0.00778. The van der Waals surface area contributed by atoms with E-state index in [1.807, 2.05) is 17.0 Å². The maximum Gasteiger partial charge on any atom is 0.264 e. The normalized spacial score (nSPS) is 20.8. The van der Waals surface area contributed by atoms with E-state index in [4.69, 9.17) is 0 Å². The Morgan fingerprint density at radius 3 is 2.46 bits per heavy atom. The minimum atomic E-state index is 0.220. The van der Waals surface area contributed by atoms with Crippen LogP contribution < -0.4 is 0 Å². The molecule has 24 heavy (non-hydrogen) atoms. The Kier molecular flexibility index (Phi) is 5.63. The SMILES string of the molecule is Cc1ccc(C(=O)N2CC(N(CC(C)C)C3CCN(C)CC3)C2)s1. The van der Waals surface area contributed by atoms with Gasteiger partial charge in [0, 0.05) is 36.6 Å². The molecule has 2 saturated heterocycles. The van der Waals surface area contributed by atoms with Crippen LogP contribution in [0.2, 0.25) is 0 Å². The number of hydrogen-bond donors (Lipinski definition) is 0. The van der Waals surface area contributed by atoms with Crippen molar-refractivity contribution in [3.05, 3.63) is 21.9 Å². The lowest BCUT2D eigenvalue weighted by Crippen LogP contribution is -2.64. The van der Waals surface area contributed by atoms with Gasteiger partial charge in [0.2, 0.25) is 0 Å². The van der Waals surface area contributed by atoms with Crippen LogP contribution in [0, 0.1) is 12.8 Å². The first kappa shape index (κ1) is 17.9. The molecule has 1 amide bonds. The lowest BCUT2D eigenvalue weighted by atomic mass is 9.96. The van der Waals surface area contributed by atoms with Crippen molar-refractivity contribution < 1.29 is 4.79 Å². The molecule has 0 aliphatic carbocycles. The smallest absolute Gasteiger partial charge is 0.264 e. The molecule has 0 atom stereocenters. The van der Waals surface area contributed by atoms with Crippen molar-refractivity contribution in [1.82, 2.24) is 14.7 Å². The van der Waals surface area contributed by atoms with Crippen molar-refractivity contribution >= 4 is 17.2 Å². The van der Waals surface area contributed by atoms with Gasteiger partial charge in [-0.15, -0.1) is 11.3 Å². The molecule has 2 fully saturated rings. The first-order chi connectivity index (χ1) is 11.4. The summed E-state index contributed by atoms with van der Waals surface area (Å²) in [5, 5.41) is 0. The highest BCUT2D eigenvalue weighted by Crippen LogP contribution is 2.27. The Morgan fingerprint density at radius 2 is 1.92 bits per heavy atom. The largest absolute Gasteiger partial charge is 0.335 e. The number of likely N-dealkylation sites (tertiary alicyclic amines) is 2. The van der Waals surface area contributed by atoms with Crippen LogP contribution in [0.5, 0.6) is 0 Å². The molecule has 0 N–H and O–H groups in total. The molecule has 2 aliphatic rings. The van der Waals surface area contributed by atoms with Crippen LogP contribution in [0.25, 0.3) is 0 Å². The average Bonchev–Trinajstić information content (AvgIpc) is 2.91. The Labute approximate surface area is 150 Å². The van der Waals surface area contributed by atoms with Gasteiger partial charge in [0.25, 0.3) is 5.91 Å². The Morgan fingerprint density at radius 1 is 1.25 bits per heavy atom. The maximum absolute atomic E-state index is 12.6. The fraction of sp³-hybridized carbons (Fsp3) is 0.737. The number of carbonyl (C=O) groups excluding carboxylic acids is 1. The summed E-state index contributed by atoms with van der Waals surface area (Å²) in [5.74, 6) is 0.895. The van der Waals surface area contributed by atoms with Crippen LogP contribution in [0.3, 0.4) is 0 Å². The summed E-state index contributed by atoms with van der Waals surface area (Å²) >= 11 is 1.61. The fourth-order valence-corrected chi connectivity index (χ4v) is 4.72. The molecule has 5 heteroatoms. The molecule has 4 nitrogen and oxygen atoms in total. The zero-order valence-corrected chi connectivity index (χ0v) is 16.3. The van der Waals surface area contributed by atoms with Gasteiger partial charge in [-0.1, -0.05) is 13.8 Å². The van der Waals surface area contributed by atoms with Crippen molar-refractivity contribution in [2.45, 2.75) is 45.7 Å². The van der Waals surface area contributed by atoms with Crippen LogP contribution in [0.1, 0.15) is 41.2 Å². The summed E-state index contributed by atoms with van der Waals surface area (Å²) in [6, 6.07) is 5.25. The van der Waals surface area contributed by atoms with E-state index in [-0.39, 0.29) is 5.91 Å². The van der Waals surface area contributed by atoms with Gasteiger partial charge >= 0.3 is 0 Å². The zero-order chi connectivity index (χ0) is 17.3. The van der Waals surface area contributed by atoms with Crippen LogP contribution in [0.15, 0.2) is 12.1 Å². The predicted molar refractivity (Wildman–Crippen MR) is 101 cm³/mol. The van der Waals surface area contributed by atoms with Gasteiger partial charge in [-0.05, 0) is 58.0 Å². The standard InChI is InChI=1S/C19H31N3OS/c1-14(2)11-22(16-7-9-20(4)10-8-16)17-12-21(13-17)19(23)18-6-5-15(3)24-18/h5-6,14,16-17H,7-13H2,1-4H3. The van der Waals surface area contributed by atoms with Gasteiger partial charge in [0.1, 0.15) is 0 Å². The van der Waals surface area contributed by atoms with E-state index in [9.17, 15) is 4.79 Å². The van der Waals surface area contributed by atoms with E-state index in [1.165, 1.54) is 30.8 Å². The number of carbonyl (C=O) groups is 1. The second-order valence-electron chi connectivity index (χ2n) is 7.90. The number of piperidine rings is 1. The van der Waals surface area contributed by atoms with E-state index >= 15 is 0 Å². The second-order valence-corrected chi connectivity index (χ2v) is 9.19. The van der Waals surface area contributed by atoms with E-state index in [1.54, 1.807) is 11.3 Å². The molecular weight excluding hydrogens is 318 g/mol. The molecule has 0 radical (unpaired) electrons. The molecule has 1 aromatic rings. The highest BCUT2D eigenvalue weighted by molar-refractivity contribution is 7.13. The predicted octanol–water partition coefficient (Wildman–Crippen LogP) is 2.93. The molecule has 1 aromatic heterocycles. The number of amides is 1. The highest BCUT2D eigenvalue weighted by atomic mass is 32.1. The number of aryl methyl sites for hydroxylation is 1. The van der Waals surface area contributed by atoms with E-state index in [2.05, 4.69) is 37.6 Å². The van der Waals surface area contributed by atoms with Crippen molar-refractivity contribution in [2.24, 2.45) is 5.92 Å². The summed E-state index contributed by atoms with van der Waals surface area (Å²) < 4.78 is 0. The second kappa shape index (κ2) is 7.54. The summed E-state index contributed by atoms with van der Waals surface area (Å²) in [7, 11) is 2.22.